The summed E-state index contributed by atoms with van der Waals surface area (Å²) in [6.07, 6.45) is 1.63. The van der Waals surface area contributed by atoms with Crippen LogP contribution in [0.2, 0.25) is 0 Å². The van der Waals surface area contributed by atoms with Gasteiger partial charge in [0, 0.05) is 31.7 Å². The molecule has 150 valence electrons. The molecule has 1 amide bonds. The largest absolute Gasteiger partial charge is 0.312 e. The van der Waals surface area contributed by atoms with Crippen molar-refractivity contribution in [1.82, 2.24) is 10.0 Å². The van der Waals surface area contributed by atoms with Crippen LogP contribution in [-0.2, 0) is 27.7 Å². The standard InChI is InChI=1S/C20H23N3O3S.ClH/c1-14(24)23-11-9-16-12-17(6-7-20(16)23)27(25,26)22-13-19-18-5-3-2-4-15(18)8-10-21-19;/h2-7,12,19,21-22H,8-11,13H2,1H3;1H. The van der Waals surface area contributed by atoms with Crippen LogP contribution >= 0.6 is 12.4 Å². The molecule has 2 aliphatic rings. The van der Waals surface area contributed by atoms with Gasteiger partial charge in [0.05, 0.1) is 4.90 Å². The third-order valence-corrected chi connectivity index (χ3v) is 6.75. The maximum absolute atomic E-state index is 12.8. The molecule has 0 saturated carbocycles. The Labute approximate surface area is 171 Å². The topological polar surface area (TPSA) is 78.5 Å². The van der Waals surface area contributed by atoms with Gasteiger partial charge in [-0.2, -0.15) is 0 Å². The molecule has 0 spiro atoms. The summed E-state index contributed by atoms with van der Waals surface area (Å²) in [6, 6.07) is 13.1. The molecule has 8 heteroatoms. The highest BCUT2D eigenvalue weighted by Gasteiger charge is 2.26. The van der Waals surface area contributed by atoms with Crippen molar-refractivity contribution >= 4 is 34.0 Å². The maximum atomic E-state index is 12.8. The van der Waals surface area contributed by atoms with Gasteiger partial charge in [-0.05, 0) is 54.3 Å². The molecule has 28 heavy (non-hydrogen) atoms. The number of fused-ring (bicyclic) bond motifs is 2. The molecule has 0 aliphatic carbocycles. The molecular weight excluding hydrogens is 398 g/mol. The van der Waals surface area contributed by atoms with Crippen molar-refractivity contribution in [1.29, 1.82) is 0 Å². The first-order valence-electron chi connectivity index (χ1n) is 9.17. The third kappa shape index (κ3) is 3.93. The smallest absolute Gasteiger partial charge is 0.240 e. The van der Waals surface area contributed by atoms with Crippen LogP contribution in [-0.4, -0.2) is 34.0 Å². The fourth-order valence-electron chi connectivity index (χ4n) is 3.92. The number of anilines is 1. The lowest BCUT2D eigenvalue weighted by atomic mass is 9.95. The van der Waals surface area contributed by atoms with Crippen LogP contribution < -0.4 is 14.9 Å². The molecule has 2 heterocycles. The summed E-state index contributed by atoms with van der Waals surface area (Å²) >= 11 is 0. The molecule has 2 aromatic rings. The Bertz CT molecular complexity index is 994. The van der Waals surface area contributed by atoms with E-state index in [0.29, 0.717) is 19.5 Å². The fourth-order valence-corrected chi connectivity index (χ4v) is 5.02. The maximum Gasteiger partial charge on any atom is 0.240 e. The second-order valence-corrected chi connectivity index (χ2v) is 8.79. The van der Waals surface area contributed by atoms with Gasteiger partial charge in [0.25, 0.3) is 0 Å². The second kappa shape index (κ2) is 8.21. The number of sulfonamides is 1. The quantitative estimate of drug-likeness (QED) is 0.793. The first kappa shape index (κ1) is 20.8. The number of hydrogen-bond donors (Lipinski definition) is 2. The zero-order valence-electron chi connectivity index (χ0n) is 15.6. The summed E-state index contributed by atoms with van der Waals surface area (Å²) in [4.78, 5) is 13.6. The summed E-state index contributed by atoms with van der Waals surface area (Å²) in [5.41, 5.74) is 4.12. The second-order valence-electron chi connectivity index (χ2n) is 7.02. The van der Waals surface area contributed by atoms with E-state index < -0.39 is 10.0 Å². The van der Waals surface area contributed by atoms with Gasteiger partial charge in [-0.3, -0.25) is 4.79 Å². The summed E-state index contributed by atoms with van der Waals surface area (Å²) in [5.74, 6) is -0.0236. The molecule has 4 rings (SSSR count). The molecule has 1 unspecified atom stereocenters. The normalized spacial score (nSPS) is 18.2. The van der Waals surface area contributed by atoms with Gasteiger partial charge in [-0.25, -0.2) is 13.1 Å². The molecule has 0 fully saturated rings. The van der Waals surface area contributed by atoms with Crippen molar-refractivity contribution in [3.05, 3.63) is 59.2 Å². The molecular formula is C20H24ClN3O3S. The summed E-state index contributed by atoms with van der Waals surface area (Å²) in [6.45, 7) is 3.26. The van der Waals surface area contributed by atoms with E-state index in [2.05, 4.69) is 16.1 Å². The van der Waals surface area contributed by atoms with Crippen LogP contribution in [0, 0.1) is 0 Å². The summed E-state index contributed by atoms with van der Waals surface area (Å²) in [7, 11) is -3.61. The van der Waals surface area contributed by atoms with E-state index in [9.17, 15) is 13.2 Å². The number of rotatable bonds is 4. The Morgan fingerprint density at radius 2 is 1.96 bits per heavy atom. The first-order chi connectivity index (χ1) is 13.0. The number of halogens is 1. The molecule has 2 aromatic carbocycles. The minimum Gasteiger partial charge on any atom is -0.312 e. The number of benzene rings is 2. The van der Waals surface area contributed by atoms with Crippen LogP contribution in [0.25, 0.3) is 0 Å². The Balaban J connectivity index is 0.00000225. The minimum atomic E-state index is -3.61. The van der Waals surface area contributed by atoms with Crippen molar-refractivity contribution in [2.24, 2.45) is 0 Å². The lowest BCUT2D eigenvalue weighted by Gasteiger charge is -2.27. The van der Waals surface area contributed by atoms with Gasteiger partial charge in [0.1, 0.15) is 0 Å². The molecule has 0 bridgehead atoms. The average Bonchev–Trinajstić information content (AvgIpc) is 3.10. The summed E-state index contributed by atoms with van der Waals surface area (Å²) in [5, 5.41) is 3.39. The fraction of sp³-hybridized carbons (Fsp3) is 0.350. The number of nitrogens with one attached hydrogen (secondary N) is 2. The number of hydrogen-bond acceptors (Lipinski definition) is 4. The minimum absolute atomic E-state index is 0. The van der Waals surface area contributed by atoms with Gasteiger partial charge in [-0.1, -0.05) is 24.3 Å². The molecule has 0 saturated heterocycles. The van der Waals surface area contributed by atoms with E-state index in [1.54, 1.807) is 23.1 Å². The van der Waals surface area contributed by atoms with Gasteiger partial charge >= 0.3 is 0 Å². The number of nitrogens with zero attached hydrogens (tertiary/aromatic N) is 1. The van der Waals surface area contributed by atoms with Crippen LogP contribution in [0.4, 0.5) is 5.69 Å². The van der Waals surface area contributed by atoms with Crippen molar-refractivity contribution in [2.75, 3.05) is 24.5 Å². The monoisotopic (exact) mass is 421 g/mol. The van der Waals surface area contributed by atoms with Crippen LogP contribution in [0.15, 0.2) is 47.4 Å². The van der Waals surface area contributed by atoms with Crippen LogP contribution in [0.1, 0.15) is 29.7 Å². The molecule has 2 aliphatic heterocycles. The highest BCUT2D eigenvalue weighted by molar-refractivity contribution is 7.89. The Morgan fingerprint density at radius 3 is 2.75 bits per heavy atom. The molecule has 0 aromatic heterocycles. The number of amides is 1. The highest BCUT2D eigenvalue weighted by atomic mass is 35.5. The summed E-state index contributed by atoms with van der Waals surface area (Å²) < 4.78 is 28.3. The van der Waals surface area contributed by atoms with E-state index in [-0.39, 0.29) is 29.3 Å². The predicted octanol–water partition coefficient (Wildman–Crippen LogP) is 2.18. The van der Waals surface area contributed by atoms with Crippen molar-refractivity contribution in [3.63, 3.8) is 0 Å². The Morgan fingerprint density at radius 1 is 1.18 bits per heavy atom. The number of carbonyl (C=O) groups excluding carboxylic acids is 1. The number of carbonyl (C=O) groups is 1. The van der Waals surface area contributed by atoms with Crippen molar-refractivity contribution in [3.8, 4) is 0 Å². The van der Waals surface area contributed by atoms with E-state index in [0.717, 1.165) is 29.8 Å². The molecule has 1 atom stereocenters. The lowest BCUT2D eigenvalue weighted by Crippen LogP contribution is -2.38. The van der Waals surface area contributed by atoms with Crippen molar-refractivity contribution in [2.45, 2.75) is 30.7 Å². The highest BCUT2D eigenvalue weighted by Crippen LogP contribution is 2.30. The Hall–Kier alpha value is -1.93. The van der Waals surface area contributed by atoms with E-state index >= 15 is 0 Å². The van der Waals surface area contributed by atoms with Gasteiger partial charge in [0.15, 0.2) is 0 Å². The molecule has 6 nitrogen and oxygen atoms in total. The SMILES string of the molecule is CC(=O)N1CCc2cc(S(=O)(=O)NCC3NCCc4ccccc43)ccc21.Cl. The Kier molecular flexibility index (Phi) is 6.09. The molecule has 0 radical (unpaired) electrons. The predicted molar refractivity (Wildman–Crippen MR) is 111 cm³/mol. The first-order valence-corrected chi connectivity index (χ1v) is 10.7. The van der Waals surface area contributed by atoms with Gasteiger partial charge in [0.2, 0.25) is 15.9 Å². The van der Waals surface area contributed by atoms with E-state index in [1.165, 1.54) is 12.5 Å². The third-order valence-electron chi connectivity index (χ3n) is 5.33. The lowest BCUT2D eigenvalue weighted by molar-refractivity contribution is -0.116. The van der Waals surface area contributed by atoms with Gasteiger partial charge in [-0.15, -0.1) is 12.4 Å². The van der Waals surface area contributed by atoms with E-state index in [1.807, 2.05) is 18.2 Å². The van der Waals surface area contributed by atoms with Crippen molar-refractivity contribution < 1.29 is 13.2 Å². The zero-order valence-corrected chi connectivity index (χ0v) is 17.3. The van der Waals surface area contributed by atoms with E-state index in [4.69, 9.17) is 0 Å². The van der Waals surface area contributed by atoms with Crippen LogP contribution in [0.3, 0.4) is 0 Å². The van der Waals surface area contributed by atoms with Gasteiger partial charge < -0.3 is 10.2 Å². The average molecular weight is 422 g/mol. The zero-order chi connectivity index (χ0) is 19.0. The van der Waals surface area contributed by atoms with Crippen LogP contribution in [0.5, 0.6) is 0 Å². The molecule has 2 N–H and O–H groups in total.